The first kappa shape index (κ1) is 48.0. The summed E-state index contributed by atoms with van der Waals surface area (Å²) in [6, 6.07) is 0. The van der Waals surface area contributed by atoms with E-state index >= 15 is 0 Å². The number of H-pyrrole nitrogens is 1. The van der Waals surface area contributed by atoms with Crippen LogP contribution in [0.1, 0.15) is 292 Å². The fraction of sp³-hybridized carbons (Fsp3) is 0.898. The van der Waals surface area contributed by atoms with Gasteiger partial charge in [0.2, 0.25) is 0 Å². The van der Waals surface area contributed by atoms with Gasteiger partial charge in [-0.2, -0.15) is 0 Å². The Kier molecular flexibility index (Phi) is 37.8. The molecule has 0 saturated heterocycles. The fourth-order valence-corrected chi connectivity index (χ4v) is 8.25. The predicted octanol–water partition coefficient (Wildman–Crippen LogP) is 17.6. The van der Waals surface area contributed by atoms with Crippen LogP contribution in [0.25, 0.3) is 0 Å². The Morgan fingerprint density at radius 2 is 0.588 bits per heavy atom. The molecule has 0 saturated carbocycles. The van der Waals surface area contributed by atoms with Gasteiger partial charge < -0.3 is 4.98 Å². The first-order valence-electron chi connectivity index (χ1n) is 24.0. The molecule has 0 radical (unpaired) electrons. The number of hydrogen-bond donors (Lipinski definition) is 1. The normalized spacial score (nSPS) is 11.6. The number of aromatic amines is 1. The third-order valence-corrected chi connectivity index (χ3v) is 11.8. The number of rotatable bonds is 43. The molecule has 0 atom stereocenters. The Hall–Kier alpha value is -1.05. The quantitative estimate of drug-likeness (QED) is 0.0531. The van der Waals surface area contributed by atoms with Gasteiger partial charge in [0.25, 0.3) is 0 Å². The maximum Gasteiger partial charge on any atom is 0.151 e. The van der Waals surface area contributed by atoms with E-state index in [4.69, 9.17) is 0 Å². The van der Waals surface area contributed by atoms with Gasteiger partial charge in [-0.25, -0.2) is 0 Å². The second-order valence-electron chi connectivity index (χ2n) is 16.8. The van der Waals surface area contributed by atoms with Crippen molar-refractivity contribution in [1.29, 1.82) is 0 Å². The zero-order valence-electron chi connectivity index (χ0n) is 35.3. The van der Waals surface area contributed by atoms with E-state index in [-0.39, 0.29) is 0 Å². The molecule has 0 aromatic carbocycles. The summed E-state index contributed by atoms with van der Waals surface area (Å²) < 4.78 is 0. The lowest BCUT2D eigenvalue weighted by atomic mass is 9.99. The number of aldehydes is 1. The Morgan fingerprint density at radius 3 is 0.843 bits per heavy atom. The zero-order chi connectivity index (χ0) is 36.6. The zero-order valence-corrected chi connectivity index (χ0v) is 35.3. The van der Waals surface area contributed by atoms with Crippen LogP contribution in [0.5, 0.6) is 0 Å². The number of aryl methyl sites for hydroxylation is 1. The molecule has 0 spiro atoms. The summed E-state index contributed by atoms with van der Waals surface area (Å²) >= 11 is 0. The second-order valence-corrected chi connectivity index (χ2v) is 16.8. The highest BCUT2D eigenvalue weighted by Gasteiger charge is 2.10. The van der Waals surface area contributed by atoms with Crippen molar-refractivity contribution >= 4 is 6.29 Å². The maximum atomic E-state index is 11.7. The molecule has 0 amide bonds. The molecular formula is C49H93NO. The number of carbonyl (C=O) groups excluding carboxylic acids is 1. The molecule has 0 bridgehead atoms. The van der Waals surface area contributed by atoms with Crippen LogP contribution in [0.2, 0.25) is 0 Å². The van der Waals surface area contributed by atoms with Crippen molar-refractivity contribution in [2.45, 2.75) is 284 Å². The average Bonchev–Trinajstić information content (AvgIpc) is 3.54. The number of hydrogen-bond acceptors (Lipinski definition) is 1. The van der Waals surface area contributed by atoms with Gasteiger partial charge in [0, 0.05) is 17.5 Å². The minimum atomic E-state index is 0.913. The number of unbranched alkanes of at least 4 members (excludes halogenated alkanes) is 38. The smallest absolute Gasteiger partial charge is 0.151 e. The largest absolute Gasteiger partial charge is 0.364 e. The van der Waals surface area contributed by atoms with E-state index in [0.29, 0.717) is 0 Å². The molecule has 0 unspecified atom stereocenters. The molecule has 0 aliphatic carbocycles. The Morgan fingerprint density at radius 1 is 0.353 bits per heavy atom. The summed E-state index contributed by atoms with van der Waals surface area (Å²) in [6.07, 6.45) is 62.2. The van der Waals surface area contributed by atoms with Crippen LogP contribution in [0.3, 0.4) is 0 Å². The van der Waals surface area contributed by atoms with Crippen molar-refractivity contribution in [3.8, 4) is 0 Å². The van der Waals surface area contributed by atoms with E-state index in [1.54, 1.807) is 0 Å². The Balaban J connectivity index is 1.88. The standard InChI is InChI=1S/C49H93NO/c1-3-5-7-9-11-13-15-17-19-21-23-25-27-29-31-33-35-37-39-41-43-48-47(46-51)45-50-49(48)44-42-40-38-36-34-32-30-28-26-24-22-20-18-16-14-12-10-8-6-4-2/h45-46,50H,3-44H2,1-2H3. The summed E-state index contributed by atoms with van der Waals surface area (Å²) in [6.45, 7) is 4.61. The van der Waals surface area contributed by atoms with E-state index in [1.807, 2.05) is 6.20 Å². The minimum absolute atomic E-state index is 0.913. The van der Waals surface area contributed by atoms with Gasteiger partial charge in [0.15, 0.2) is 6.29 Å². The van der Waals surface area contributed by atoms with Crippen LogP contribution in [-0.4, -0.2) is 11.3 Å². The van der Waals surface area contributed by atoms with E-state index in [2.05, 4.69) is 18.8 Å². The van der Waals surface area contributed by atoms with Crippen LogP contribution in [0, 0.1) is 0 Å². The lowest BCUT2D eigenvalue weighted by Crippen LogP contribution is -1.96. The van der Waals surface area contributed by atoms with Crippen LogP contribution >= 0.6 is 0 Å². The van der Waals surface area contributed by atoms with Gasteiger partial charge in [0.05, 0.1) is 0 Å². The van der Waals surface area contributed by atoms with Crippen molar-refractivity contribution in [1.82, 2.24) is 4.98 Å². The van der Waals surface area contributed by atoms with Crippen molar-refractivity contribution in [2.24, 2.45) is 0 Å². The second kappa shape index (κ2) is 40.1. The fourth-order valence-electron chi connectivity index (χ4n) is 8.25. The molecule has 1 aromatic heterocycles. The minimum Gasteiger partial charge on any atom is -0.364 e. The Bertz CT molecular complexity index is 811. The van der Waals surface area contributed by atoms with Crippen molar-refractivity contribution in [2.75, 3.05) is 0 Å². The van der Waals surface area contributed by atoms with Crippen molar-refractivity contribution in [3.05, 3.63) is 23.0 Å². The molecule has 1 rings (SSSR count). The van der Waals surface area contributed by atoms with E-state index in [9.17, 15) is 4.79 Å². The summed E-state index contributed by atoms with van der Waals surface area (Å²) in [4.78, 5) is 15.2. The molecule has 1 N–H and O–H groups in total. The van der Waals surface area contributed by atoms with Gasteiger partial charge in [-0.3, -0.25) is 4.79 Å². The summed E-state index contributed by atoms with van der Waals surface area (Å²) in [5.41, 5.74) is 3.58. The summed E-state index contributed by atoms with van der Waals surface area (Å²) in [5.74, 6) is 0. The van der Waals surface area contributed by atoms with Crippen LogP contribution in [0.4, 0.5) is 0 Å². The van der Waals surface area contributed by atoms with E-state index in [0.717, 1.165) is 24.7 Å². The van der Waals surface area contributed by atoms with Gasteiger partial charge >= 0.3 is 0 Å². The van der Waals surface area contributed by atoms with Crippen LogP contribution in [0.15, 0.2) is 6.20 Å². The van der Waals surface area contributed by atoms with Crippen LogP contribution < -0.4 is 0 Å². The van der Waals surface area contributed by atoms with Crippen LogP contribution in [-0.2, 0) is 12.8 Å². The molecule has 1 aromatic rings. The summed E-state index contributed by atoms with van der Waals surface area (Å²) in [7, 11) is 0. The van der Waals surface area contributed by atoms with Crippen molar-refractivity contribution in [3.63, 3.8) is 0 Å². The third-order valence-electron chi connectivity index (χ3n) is 11.8. The number of carbonyl (C=O) groups is 1. The van der Waals surface area contributed by atoms with E-state index < -0.39 is 0 Å². The highest BCUT2D eigenvalue weighted by molar-refractivity contribution is 5.77. The SMILES string of the molecule is CCCCCCCCCCCCCCCCCCCCCCc1[nH]cc(C=O)c1CCCCCCCCCCCCCCCCCCCCCC. The van der Waals surface area contributed by atoms with Crippen molar-refractivity contribution < 1.29 is 4.79 Å². The highest BCUT2D eigenvalue weighted by Crippen LogP contribution is 2.21. The monoisotopic (exact) mass is 712 g/mol. The van der Waals surface area contributed by atoms with Gasteiger partial charge in [-0.15, -0.1) is 0 Å². The van der Waals surface area contributed by atoms with Gasteiger partial charge in [-0.05, 0) is 31.2 Å². The molecule has 1 heterocycles. The molecular weight excluding hydrogens is 619 g/mol. The number of aromatic nitrogens is 1. The van der Waals surface area contributed by atoms with E-state index in [1.165, 1.54) is 268 Å². The molecule has 0 aliphatic rings. The van der Waals surface area contributed by atoms with Gasteiger partial charge in [0.1, 0.15) is 0 Å². The molecule has 51 heavy (non-hydrogen) atoms. The Labute approximate surface area is 321 Å². The first-order chi connectivity index (χ1) is 25.3. The topological polar surface area (TPSA) is 32.9 Å². The first-order valence-corrected chi connectivity index (χ1v) is 24.0. The average molecular weight is 712 g/mol. The molecule has 300 valence electrons. The molecule has 0 aliphatic heterocycles. The lowest BCUT2D eigenvalue weighted by Gasteiger charge is -2.07. The highest BCUT2D eigenvalue weighted by atomic mass is 16.1. The van der Waals surface area contributed by atoms with Gasteiger partial charge in [-0.1, -0.05) is 258 Å². The molecule has 2 heteroatoms. The summed E-state index contributed by atoms with van der Waals surface area (Å²) in [5, 5.41) is 0. The maximum absolute atomic E-state index is 11.7. The molecule has 2 nitrogen and oxygen atoms in total. The molecule has 0 fully saturated rings. The third kappa shape index (κ3) is 32.1. The predicted molar refractivity (Wildman–Crippen MR) is 230 cm³/mol. The lowest BCUT2D eigenvalue weighted by molar-refractivity contribution is 0.112. The number of nitrogens with one attached hydrogen (secondary N) is 1.